The van der Waals surface area contributed by atoms with Gasteiger partial charge in [0, 0.05) is 19.9 Å². The number of nitrogens with zero attached hydrogens (tertiary/aromatic N) is 2. The van der Waals surface area contributed by atoms with Crippen molar-refractivity contribution in [3.8, 4) is 5.75 Å². The number of fused-ring (bicyclic) bond motifs is 1. The van der Waals surface area contributed by atoms with Crippen LogP contribution >= 0.6 is 11.8 Å². The molecule has 2 heterocycles. The summed E-state index contributed by atoms with van der Waals surface area (Å²) < 4.78 is 5.04. The number of amidine groups is 1. The number of aliphatic imine (C=N–C) groups is 1. The molecule has 0 radical (unpaired) electrons. The minimum absolute atomic E-state index is 0.0490. The molecular weight excluding hydrogens is 318 g/mol. The van der Waals surface area contributed by atoms with Gasteiger partial charge in [0.05, 0.1) is 12.2 Å². The molecule has 0 aliphatic carbocycles. The maximum atomic E-state index is 12.2. The number of para-hydroxylation sites is 2. The molecule has 0 spiro atoms. The molecule has 8 heteroatoms. The van der Waals surface area contributed by atoms with Crippen molar-refractivity contribution in [2.45, 2.75) is 18.6 Å². The summed E-state index contributed by atoms with van der Waals surface area (Å²) >= 11 is 1.32. The van der Waals surface area contributed by atoms with Crippen molar-refractivity contribution in [1.29, 1.82) is 0 Å². The third kappa shape index (κ3) is 3.37. The molecule has 1 aromatic carbocycles. The zero-order valence-corrected chi connectivity index (χ0v) is 13.3. The zero-order valence-electron chi connectivity index (χ0n) is 12.4. The van der Waals surface area contributed by atoms with Gasteiger partial charge in [0.2, 0.25) is 11.8 Å². The van der Waals surface area contributed by atoms with E-state index >= 15 is 0 Å². The van der Waals surface area contributed by atoms with Crippen LogP contribution in [0.15, 0.2) is 29.3 Å². The molecule has 2 aliphatic heterocycles. The summed E-state index contributed by atoms with van der Waals surface area (Å²) in [5, 5.41) is 2.94. The minimum Gasteiger partial charge on any atom is -0.424 e. The Morgan fingerprint density at radius 2 is 2.22 bits per heavy atom. The van der Waals surface area contributed by atoms with Gasteiger partial charge in [0.1, 0.15) is 5.25 Å². The Kier molecular flexibility index (Phi) is 4.33. The van der Waals surface area contributed by atoms with E-state index in [1.54, 1.807) is 29.2 Å². The second kappa shape index (κ2) is 6.41. The smallest absolute Gasteiger partial charge is 0.308 e. The van der Waals surface area contributed by atoms with Crippen molar-refractivity contribution >= 4 is 40.4 Å². The van der Waals surface area contributed by atoms with Crippen molar-refractivity contribution in [1.82, 2.24) is 4.90 Å². The highest BCUT2D eigenvalue weighted by atomic mass is 32.2. The Morgan fingerprint density at radius 1 is 1.43 bits per heavy atom. The Bertz CT molecular complexity index is 704. The first-order chi connectivity index (χ1) is 11.0. The lowest BCUT2D eigenvalue weighted by atomic mass is 10.2. The summed E-state index contributed by atoms with van der Waals surface area (Å²) in [6.07, 6.45) is 0.0490. The third-order valence-electron chi connectivity index (χ3n) is 3.38. The number of carbonyl (C=O) groups is 3. The Morgan fingerprint density at radius 3 is 2.96 bits per heavy atom. The number of amides is 2. The molecule has 1 atom stereocenters. The van der Waals surface area contributed by atoms with E-state index in [1.165, 1.54) is 18.7 Å². The van der Waals surface area contributed by atoms with Gasteiger partial charge >= 0.3 is 5.97 Å². The third-order valence-corrected chi connectivity index (χ3v) is 4.59. The molecule has 120 valence electrons. The lowest BCUT2D eigenvalue weighted by Gasteiger charge is -2.12. The average molecular weight is 333 g/mol. The van der Waals surface area contributed by atoms with E-state index in [0.29, 0.717) is 23.9 Å². The van der Waals surface area contributed by atoms with E-state index in [-0.39, 0.29) is 24.0 Å². The Labute approximate surface area is 137 Å². The predicted molar refractivity (Wildman–Crippen MR) is 86.4 cm³/mol. The summed E-state index contributed by atoms with van der Waals surface area (Å²) in [5.41, 5.74) is 0.404. The Balaban J connectivity index is 1.64. The fourth-order valence-corrected chi connectivity index (χ4v) is 3.59. The number of hydrogen-bond acceptors (Lipinski definition) is 6. The number of ether oxygens (including phenoxy) is 1. The maximum absolute atomic E-state index is 12.2. The first-order valence-electron chi connectivity index (χ1n) is 7.14. The van der Waals surface area contributed by atoms with E-state index in [1.807, 2.05) is 0 Å². The zero-order chi connectivity index (χ0) is 16.4. The van der Waals surface area contributed by atoms with Crippen LogP contribution in [-0.2, 0) is 14.4 Å². The average Bonchev–Trinajstić information content (AvgIpc) is 3.05. The molecule has 3 rings (SSSR count). The molecule has 1 saturated heterocycles. The first kappa shape index (κ1) is 15.5. The summed E-state index contributed by atoms with van der Waals surface area (Å²) in [6.45, 7) is 2.51. The van der Waals surface area contributed by atoms with Gasteiger partial charge in [-0.25, -0.2) is 0 Å². The highest BCUT2D eigenvalue weighted by molar-refractivity contribution is 8.15. The van der Waals surface area contributed by atoms with Gasteiger partial charge < -0.3 is 10.1 Å². The second-order valence-electron chi connectivity index (χ2n) is 5.10. The maximum Gasteiger partial charge on any atom is 0.308 e. The van der Waals surface area contributed by atoms with Crippen LogP contribution in [0.4, 0.5) is 5.69 Å². The number of carbonyl (C=O) groups excluding carboxylic acids is 3. The van der Waals surface area contributed by atoms with Crippen molar-refractivity contribution < 1.29 is 19.1 Å². The first-order valence-corrected chi connectivity index (χ1v) is 8.02. The van der Waals surface area contributed by atoms with Gasteiger partial charge in [0.25, 0.3) is 0 Å². The van der Waals surface area contributed by atoms with Crippen LogP contribution in [0.1, 0.15) is 13.3 Å². The van der Waals surface area contributed by atoms with Gasteiger partial charge in [-0.15, -0.1) is 0 Å². The molecule has 7 nitrogen and oxygen atoms in total. The fraction of sp³-hybridized carbons (Fsp3) is 0.333. The van der Waals surface area contributed by atoms with Crippen LogP contribution in [-0.4, -0.2) is 46.2 Å². The van der Waals surface area contributed by atoms with E-state index in [4.69, 9.17) is 4.74 Å². The number of thioether (sulfide) groups is 1. The van der Waals surface area contributed by atoms with Crippen LogP contribution in [0, 0.1) is 0 Å². The molecule has 1 aromatic rings. The number of anilines is 1. The molecule has 0 aromatic heterocycles. The molecule has 23 heavy (non-hydrogen) atoms. The lowest BCUT2D eigenvalue weighted by Crippen LogP contribution is -2.32. The molecular formula is C15H15N3O4S. The van der Waals surface area contributed by atoms with Gasteiger partial charge in [-0.05, 0) is 12.1 Å². The predicted octanol–water partition coefficient (Wildman–Crippen LogP) is 1.25. The van der Waals surface area contributed by atoms with Crippen molar-refractivity contribution in [2.75, 3.05) is 18.4 Å². The quantitative estimate of drug-likeness (QED) is 0.662. The lowest BCUT2D eigenvalue weighted by molar-refractivity contribution is -0.132. The summed E-state index contributed by atoms with van der Waals surface area (Å²) in [4.78, 5) is 41.3. The monoisotopic (exact) mass is 333 g/mol. The number of nitrogens with one attached hydrogen (secondary N) is 1. The number of rotatable bonds is 4. The normalized spacial score (nSPS) is 19.3. The van der Waals surface area contributed by atoms with E-state index in [0.717, 1.165) is 0 Å². The highest BCUT2D eigenvalue weighted by Gasteiger charge is 2.40. The van der Waals surface area contributed by atoms with Crippen molar-refractivity contribution in [2.24, 2.45) is 4.99 Å². The van der Waals surface area contributed by atoms with Gasteiger partial charge in [0.15, 0.2) is 10.9 Å². The molecule has 1 unspecified atom stereocenters. The van der Waals surface area contributed by atoms with Crippen molar-refractivity contribution in [3.05, 3.63) is 24.3 Å². The van der Waals surface area contributed by atoms with Gasteiger partial charge in [-0.1, -0.05) is 23.9 Å². The van der Waals surface area contributed by atoms with Crippen LogP contribution in [0.3, 0.4) is 0 Å². The van der Waals surface area contributed by atoms with Gasteiger partial charge in [-0.2, -0.15) is 0 Å². The standard InChI is InChI=1S/C15H15N3O4S/c1-9(19)22-11-5-3-2-4-10(11)17-13(20)8-12-14(21)18-7-6-16-15(18)23-12/h2-5,12H,6-8H2,1H3,(H,17,20). The van der Waals surface area contributed by atoms with Crippen LogP contribution in [0.2, 0.25) is 0 Å². The summed E-state index contributed by atoms with van der Waals surface area (Å²) in [5.74, 6) is -0.567. The van der Waals surface area contributed by atoms with E-state index < -0.39 is 11.2 Å². The summed E-state index contributed by atoms with van der Waals surface area (Å²) in [7, 11) is 0. The molecule has 1 N–H and O–H groups in total. The van der Waals surface area contributed by atoms with Crippen LogP contribution in [0.25, 0.3) is 0 Å². The molecule has 0 bridgehead atoms. The largest absolute Gasteiger partial charge is 0.424 e. The van der Waals surface area contributed by atoms with E-state index in [2.05, 4.69) is 10.3 Å². The van der Waals surface area contributed by atoms with Crippen molar-refractivity contribution in [3.63, 3.8) is 0 Å². The molecule has 0 saturated carbocycles. The number of esters is 1. The molecule has 2 aliphatic rings. The highest BCUT2D eigenvalue weighted by Crippen LogP contribution is 2.32. The van der Waals surface area contributed by atoms with Crippen LogP contribution in [0.5, 0.6) is 5.75 Å². The second-order valence-corrected chi connectivity index (χ2v) is 6.27. The number of hydrogen-bond donors (Lipinski definition) is 1. The SMILES string of the molecule is CC(=O)Oc1ccccc1NC(=O)CC1SC2=NCCN2C1=O. The molecule has 2 amide bonds. The molecule has 1 fully saturated rings. The Hall–Kier alpha value is -2.35. The fourth-order valence-electron chi connectivity index (χ4n) is 2.40. The van der Waals surface area contributed by atoms with Crippen LogP contribution < -0.4 is 10.1 Å². The van der Waals surface area contributed by atoms with Gasteiger partial charge in [-0.3, -0.25) is 24.3 Å². The van der Waals surface area contributed by atoms with E-state index in [9.17, 15) is 14.4 Å². The topological polar surface area (TPSA) is 88.1 Å². The number of benzene rings is 1. The summed E-state index contributed by atoms with van der Waals surface area (Å²) in [6, 6.07) is 6.67. The minimum atomic E-state index is -0.466.